The summed E-state index contributed by atoms with van der Waals surface area (Å²) in [6, 6.07) is 3.30. The zero-order chi connectivity index (χ0) is 21.9. The van der Waals surface area contributed by atoms with E-state index in [1.807, 2.05) is 0 Å². The van der Waals surface area contributed by atoms with E-state index in [4.69, 9.17) is 14.6 Å². The summed E-state index contributed by atoms with van der Waals surface area (Å²) in [5.41, 5.74) is -3.12. The van der Waals surface area contributed by atoms with E-state index < -0.39 is 46.0 Å². The molecule has 0 heterocycles. The summed E-state index contributed by atoms with van der Waals surface area (Å²) in [7, 11) is 0. The first-order valence-corrected chi connectivity index (χ1v) is 8.36. The van der Waals surface area contributed by atoms with Crippen molar-refractivity contribution in [2.24, 2.45) is 0 Å². The number of aromatic carboxylic acids is 2. The topological polar surface area (TPSA) is 127 Å². The minimum absolute atomic E-state index is 0.0101. The summed E-state index contributed by atoms with van der Waals surface area (Å²) in [6.07, 6.45) is 0. The van der Waals surface area contributed by atoms with Crippen molar-refractivity contribution in [1.82, 2.24) is 0 Å². The molecule has 0 aliphatic heterocycles. The van der Waals surface area contributed by atoms with Gasteiger partial charge >= 0.3 is 17.9 Å². The average molecular weight is 392 g/mol. The molecular weight excluding hydrogens is 368 g/mol. The average Bonchev–Trinajstić information content (AvgIpc) is 2.58. The highest BCUT2D eigenvalue weighted by molar-refractivity contribution is 6.07. The molecule has 0 saturated carbocycles. The number of carbonyl (C=O) groups excluding carboxylic acids is 2. The standard InChI is InChI=1S/C20H24O8/c1-11(2)18(26)28-19(3,4)10-27-20(5,6)15(21)12-7-8-13(16(22)23)14(9-12)17(24)25/h7-9H,1,10H2,2-6H3,(H,22,23)(H,24,25). The van der Waals surface area contributed by atoms with Crippen molar-refractivity contribution in [2.75, 3.05) is 6.61 Å². The van der Waals surface area contributed by atoms with Crippen LogP contribution in [0.1, 0.15) is 65.7 Å². The van der Waals surface area contributed by atoms with E-state index in [-0.39, 0.29) is 17.7 Å². The summed E-state index contributed by atoms with van der Waals surface area (Å²) in [5.74, 6) is -4.01. The van der Waals surface area contributed by atoms with E-state index in [2.05, 4.69) is 6.58 Å². The zero-order valence-electron chi connectivity index (χ0n) is 16.5. The number of Topliss-reactive ketones (excluding diaryl/α,β-unsaturated/α-hetero) is 1. The Hall–Kier alpha value is -3.00. The van der Waals surface area contributed by atoms with Crippen LogP contribution in [-0.2, 0) is 14.3 Å². The highest BCUT2D eigenvalue weighted by Crippen LogP contribution is 2.23. The van der Waals surface area contributed by atoms with Gasteiger partial charge in [-0.3, -0.25) is 4.79 Å². The van der Waals surface area contributed by atoms with Crippen LogP contribution in [0.15, 0.2) is 30.4 Å². The molecule has 0 saturated heterocycles. The van der Waals surface area contributed by atoms with E-state index in [1.165, 1.54) is 26.8 Å². The molecule has 8 heteroatoms. The number of ether oxygens (including phenoxy) is 2. The summed E-state index contributed by atoms with van der Waals surface area (Å²) < 4.78 is 10.9. The molecular formula is C20H24O8. The molecule has 0 bridgehead atoms. The maximum Gasteiger partial charge on any atom is 0.336 e. The third kappa shape index (κ3) is 5.75. The molecule has 28 heavy (non-hydrogen) atoms. The van der Waals surface area contributed by atoms with Crippen molar-refractivity contribution in [3.8, 4) is 0 Å². The molecule has 0 unspecified atom stereocenters. The van der Waals surface area contributed by atoms with Crippen molar-refractivity contribution in [3.63, 3.8) is 0 Å². The van der Waals surface area contributed by atoms with E-state index in [0.29, 0.717) is 0 Å². The third-order valence-corrected chi connectivity index (χ3v) is 3.79. The summed E-state index contributed by atoms with van der Waals surface area (Å²) >= 11 is 0. The van der Waals surface area contributed by atoms with Crippen LogP contribution in [0.2, 0.25) is 0 Å². The van der Waals surface area contributed by atoms with Gasteiger partial charge in [0.25, 0.3) is 0 Å². The molecule has 2 N–H and O–H groups in total. The maximum atomic E-state index is 12.8. The van der Waals surface area contributed by atoms with Gasteiger partial charge in [0.05, 0.1) is 17.7 Å². The van der Waals surface area contributed by atoms with E-state index in [9.17, 15) is 24.3 Å². The van der Waals surface area contributed by atoms with E-state index in [1.54, 1.807) is 13.8 Å². The predicted molar refractivity (Wildman–Crippen MR) is 99.7 cm³/mol. The Kier molecular flexibility index (Phi) is 6.87. The number of hydrogen-bond acceptors (Lipinski definition) is 6. The largest absolute Gasteiger partial charge is 0.478 e. The molecule has 0 aliphatic carbocycles. The number of benzene rings is 1. The SMILES string of the molecule is C=C(C)C(=O)OC(C)(C)COC(C)(C)C(=O)c1ccc(C(=O)O)c(C(=O)O)c1. The molecule has 0 radical (unpaired) electrons. The molecule has 0 spiro atoms. The Morgan fingerprint density at radius 2 is 1.54 bits per heavy atom. The van der Waals surface area contributed by atoms with Gasteiger partial charge in [-0.25, -0.2) is 14.4 Å². The fourth-order valence-electron chi connectivity index (χ4n) is 2.18. The molecule has 1 aromatic carbocycles. The predicted octanol–water partition coefficient (Wildman–Crippen LogP) is 2.96. The minimum Gasteiger partial charge on any atom is -0.478 e. The summed E-state index contributed by atoms with van der Waals surface area (Å²) in [5, 5.41) is 18.3. The second kappa shape index (κ2) is 8.35. The zero-order valence-corrected chi connectivity index (χ0v) is 16.5. The summed E-state index contributed by atoms with van der Waals surface area (Å²) in [4.78, 5) is 46.9. The van der Waals surface area contributed by atoms with Crippen LogP contribution < -0.4 is 0 Å². The Morgan fingerprint density at radius 1 is 1.00 bits per heavy atom. The van der Waals surface area contributed by atoms with Crippen LogP contribution in [0.4, 0.5) is 0 Å². The van der Waals surface area contributed by atoms with Crippen LogP contribution >= 0.6 is 0 Å². The maximum absolute atomic E-state index is 12.8. The highest BCUT2D eigenvalue weighted by Gasteiger charge is 2.34. The Balaban J connectivity index is 3.03. The first-order valence-electron chi connectivity index (χ1n) is 8.36. The minimum atomic E-state index is -1.46. The van der Waals surface area contributed by atoms with Crippen LogP contribution in [-0.4, -0.2) is 51.7 Å². The molecule has 1 aromatic rings. The lowest BCUT2D eigenvalue weighted by molar-refractivity contribution is -0.161. The summed E-state index contributed by atoms with van der Waals surface area (Å²) in [6.45, 7) is 11.1. The number of carboxylic acids is 2. The number of hydrogen-bond donors (Lipinski definition) is 2. The van der Waals surface area contributed by atoms with Gasteiger partial charge in [-0.15, -0.1) is 0 Å². The smallest absolute Gasteiger partial charge is 0.336 e. The van der Waals surface area contributed by atoms with Gasteiger partial charge in [0.15, 0.2) is 5.78 Å². The van der Waals surface area contributed by atoms with Crippen molar-refractivity contribution in [3.05, 3.63) is 47.0 Å². The number of carboxylic acid groups (broad SMARTS) is 2. The Labute approximate surface area is 162 Å². The fraction of sp³-hybridized carbons (Fsp3) is 0.400. The molecule has 1 rings (SSSR count). The van der Waals surface area contributed by atoms with E-state index in [0.717, 1.165) is 12.1 Å². The van der Waals surface area contributed by atoms with Gasteiger partial charge in [0, 0.05) is 11.1 Å². The molecule has 0 atom stereocenters. The van der Waals surface area contributed by atoms with Crippen molar-refractivity contribution in [2.45, 2.75) is 45.8 Å². The number of rotatable bonds is 9. The van der Waals surface area contributed by atoms with Crippen LogP contribution in [0.5, 0.6) is 0 Å². The molecule has 0 amide bonds. The molecule has 0 aliphatic rings. The van der Waals surface area contributed by atoms with Crippen molar-refractivity contribution >= 4 is 23.7 Å². The normalized spacial score (nSPS) is 11.6. The monoisotopic (exact) mass is 392 g/mol. The van der Waals surface area contributed by atoms with Gasteiger partial charge in [-0.1, -0.05) is 12.6 Å². The van der Waals surface area contributed by atoms with Crippen LogP contribution in [0.25, 0.3) is 0 Å². The van der Waals surface area contributed by atoms with Gasteiger partial charge in [0.1, 0.15) is 11.2 Å². The Bertz CT molecular complexity index is 833. The number of carbonyl (C=O) groups is 4. The molecule has 8 nitrogen and oxygen atoms in total. The lowest BCUT2D eigenvalue weighted by Crippen LogP contribution is -2.42. The second-order valence-corrected chi connectivity index (χ2v) is 7.43. The first kappa shape index (κ1) is 23.0. The van der Waals surface area contributed by atoms with Gasteiger partial charge in [0.2, 0.25) is 0 Å². The fourth-order valence-corrected chi connectivity index (χ4v) is 2.18. The van der Waals surface area contributed by atoms with Crippen LogP contribution in [0, 0.1) is 0 Å². The lowest BCUT2D eigenvalue weighted by atomic mass is 9.93. The molecule has 152 valence electrons. The number of esters is 1. The van der Waals surface area contributed by atoms with Gasteiger partial charge < -0.3 is 19.7 Å². The first-order chi connectivity index (χ1) is 12.7. The molecule has 0 aromatic heterocycles. The van der Waals surface area contributed by atoms with E-state index >= 15 is 0 Å². The van der Waals surface area contributed by atoms with Crippen molar-refractivity contribution in [1.29, 1.82) is 0 Å². The third-order valence-electron chi connectivity index (χ3n) is 3.79. The van der Waals surface area contributed by atoms with Crippen molar-refractivity contribution < 1.29 is 38.9 Å². The lowest BCUT2D eigenvalue weighted by Gasteiger charge is -2.31. The quantitative estimate of drug-likeness (QED) is 0.373. The van der Waals surface area contributed by atoms with Crippen LogP contribution in [0.3, 0.4) is 0 Å². The highest BCUT2D eigenvalue weighted by atomic mass is 16.6. The second-order valence-electron chi connectivity index (χ2n) is 7.43. The molecule has 0 fully saturated rings. The van der Waals surface area contributed by atoms with Gasteiger partial charge in [-0.2, -0.15) is 0 Å². The Morgan fingerprint density at radius 3 is 2.00 bits per heavy atom. The number of ketones is 1. The van der Waals surface area contributed by atoms with Gasteiger partial charge in [-0.05, 0) is 46.8 Å².